The van der Waals surface area contributed by atoms with Gasteiger partial charge in [0, 0.05) is 48.1 Å². The Balaban J connectivity index is 1.50. The van der Waals surface area contributed by atoms with Crippen molar-refractivity contribution in [3.05, 3.63) is 35.6 Å². The maximum Gasteiger partial charge on any atom is 0.123 e. The van der Waals surface area contributed by atoms with Crippen LogP contribution in [0.5, 0.6) is 0 Å². The van der Waals surface area contributed by atoms with Crippen LogP contribution in [-0.4, -0.2) is 34.1 Å². The maximum absolute atomic E-state index is 4.71. The average Bonchev–Trinajstić information content (AvgIpc) is 2.98. The predicted molar refractivity (Wildman–Crippen MR) is 87.4 cm³/mol. The Labute approximate surface area is 128 Å². The number of nitrogens with one attached hydrogen (secondary N) is 1. The van der Waals surface area contributed by atoms with Crippen molar-refractivity contribution in [2.24, 2.45) is 0 Å². The third-order valence-electron chi connectivity index (χ3n) is 3.45. The van der Waals surface area contributed by atoms with E-state index >= 15 is 0 Å². The van der Waals surface area contributed by atoms with E-state index in [4.69, 9.17) is 4.98 Å². The molecular weight excluding hydrogens is 286 g/mol. The molecule has 0 amide bonds. The monoisotopic (exact) mass is 305 g/mol. The van der Waals surface area contributed by atoms with Gasteiger partial charge in [0.15, 0.2) is 0 Å². The normalized spacial score (nSPS) is 19.1. The Morgan fingerprint density at radius 2 is 2.20 bits per heavy atom. The van der Waals surface area contributed by atoms with Crippen LogP contribution < -0.4 is 5.32 Å². The Hall–Kier alpha value is -0.910. The first kappa shape index (κ1) is 14.0. The molecule has 0 radical (unpaired) electrons. The van der Waals surface area contributed by atoms with Crippen LogP contribution in [0.2, 0.25) is 0 Å². The molecule has 0 aliphatic carbocycles. The second kappa shape index (κ2) is 7.20. The lowest BCUT2D eigenvalue weighted by atomic mass is 10.2. The largest absolute Gasteiger partial charge is 0.313 e. The fraction of sp³-hybridized carbons (Fsp3) is 0.467. The first-order valence-electron chi connectivity index (χ1n) is 7.08. The Bertz CT molecular complexity index is 521. The van der Waals surface area contributed by atoms with Gasteiger partial charge < -0.3 is 5.32 Å². The fourth-order valence-electron chi connectivity index (χ4n) is 2.35. The van der Waals surface area contributed by atoms with E-state index in [1.54, 1.807) is 11.3 Å². The van der Waals surface area contributed by atoms with Gasteiger partial charge in [-0.3, -0.25) is 4.98 Å². The Morgan fingerprint density at radius 3 is 3.00 bits per heavy atom. The molecule has 1 aliphatic heterocycles. The standard InChI is InChI=1S/C15H19N3S2/c1-2-13(10-19-9-1)17-8-5-14-11-20-15(18-14)12-3-6-16-7-4-12/h3-4,6-7,11,13,17H,1-2,5,8-10H2/t13-/m1/s1. The molecule has 3 heterocycles. The van der Waals surface area contributed by atoms with Crippen LogP contribution in [-0.2, 0) is 6.42 Å². The molecule has 106 valence electrons. The lowest BCUT2D eigenvalue weighted by molar-refractivity contribution is 0.510. The van der Waals surface area contributed by atoms with Crippen LogP contribution in [0.25, 0.3) is 10.6 Å². The van der Waals surface area contributed by atoms with Crippen molar-refractivity contribution >= 4 is 23.1 Å². The van der Waals surface area contributed by atoms with Gasteiger partial charge in [0.2, 0.25) is 0 Å². The van der Waals surface area contributed by atoms with Crippen LogP contribution in [0.1, 0.15) is 18.5 Å². The fourth-order valence-corrected chi connectivity index (χ4v) is 4.32. The second-order valence-electron chi connectivity index (χ2n) is 5.00. The summed E-state index contributed by atoms with van der Waals surface area (Å²) in [6, 6.07) is 4.73. The summed E-state index contributed by atoms with van der Waals surface area (Å²) in [5.74, 6) is 2.60. The molecule has 2 aromatic rings. The van der Waals surface area contributed by atoms with Crippen molar-refractivity contribution in [2.75, 3.05) is 18.1 Å². The first-order valence-corrected chi connectivity index (χ1v) is 9.11. The highest BCUT2D eigenvalue weighted by atomic mass is 32.2. The summed E-state index contributed by atoms with van der Waals surface area (Å²) in [4.78, 5) is 8.75. The van der Waals surface area contributed by atoms with Crippen LogP contribution in [0.15, 0.2) is 29.9 Å². The van der Waals surface area contributed by atoms with Crippen LogP contribution >= 0.6 is 23.1 Å². The summed E-state index contributed by atoms with van der Waals surface area (Å²) in [5.41, 5.74) is 2.35. The van der Waals surface area contributed by atoms with E-state index in [-0.39, 0.29) is 0 Å². The summed E-state index contributed by atoms with van der Waals surface area (Å²) in [5, 5.41) is 6.92. The van der Waals surface area contributed by atoms with Gasteiger partial charge in [-0.1, -0.05) is 0 Å². The van der Waals surface area contributed by atoms with Gasteiger partial charge in [0.05, 0.1) is 5.69 Å². The highest BCUT2D eigenvalue weighted by Gasteiger charge is 2.12. The minimum absolute atomic E-state index is 0.701. The van der Waals surface area contributed by atoms with E-state index in [9.17, 15) is 0 Å². The van der Waals surface area contributed by atoms with Gasteiger partial charge in [-0.15, -0.1) is 11.3 Å². The average molecular weight is 305 g/mol. The zero-order valence-corrected chi connectivity index (χ0v) is 13.1. The zero-order valence-electron chi connectivity index (χ0n) is 11.4. The number of hydrogen-bond donors (Lipinski definition) is 1. The van der Waals surface area contributed by atoms with E-state index in [1.807, 2.05) is 24.5 Å². The Kier molecular flexibility index (Phi) is 5.06. The topological polar surface area (TPSA) is 37.8 Å². The lowest BCUT2D eigenvalue weighted by Gasteiger charge is -2.22. The molecule has 0 bridgehead atoms. The van der Waals surface area contributed by atoms with Gasteiger partial charge in [-0.25, -0.2) is 4.98 Å². The van der Waals surface area contributed by atoms with Gasteiger partial charge in [-0.2, -0.15) is 11.8 Å². The summed E-state index contributed by atoms with van der Waals surface area (Å²) >= 11 is 3.79. The molecular formula is C15H19N3S2. The lowest BCUT2D eigenvalue weighted by Crippen LogP contribution is -2.35. The van der Waals surface area contributed by atoms with Crippen LogP contribution in [0.3, 0.4) is 0 Å². The van der Waals surface area contributed by atoms with Crippen molar-refractivity contribution < 1.29 is 0 Å². The molecule has 2 aromatic heterocycles. The zero-order chi connectivity index (χ0) is 13.6. The number of hydrogen-bond acceptors (Lipinski definition) is 5. The minimum atomic E-state index is 0.701. The van der Waals surface area contributed by atoms with Gasteiger partial charge in [0.1, 0.15) is 5.01 Å². The quantitative estimate of drug-likeness (QED) is 0.920. The minimum Gasteiger partial charge on any atom is -0.313 e. The van der Waals surface area contributed by atoms with Crippen molar-refractivity contribution in [3.63, 3.8) is 0 Å². The maximum atomic E-state index is 4.71. The molecule has 1 fully saturated rings. The third-order valence-corrected chi connectivity index (χ3v) is 5.61. The molecule has 3 nitrogen and oxygen atoms in total. The Morgan fingerprint density at radius 1 is 1.30 bits per heavy atom. The van der Waals surface area contributed by atoms with Gasteiger partial charge >= 0.3 is 0 Å². The van der Waals surface area contributed by atoms with E-state index in [1.165, 1.54) is 30.0 Å². The number of rotatable bonds is 5. The number of pyridine rings is 1. The molecule has 0 aromatic carbocycles. The SMILES string of the molecule is c1cc(-c2nc(CCN[C@@H]3CCCSC3)cs2)ccn1. The highest BCUT2D eigenvalue weighted by Crippen LogP contribution is 2.23. The predicted octanol–water partition coefficient (Wildman–Crippen LogP) is 3.23. The van der Waals surface area contributed by atoms with E-state index < -0.39 is 0 Å². The van der Waals surface area contributed by atoms with Crippen molar-refractivity contribution in [1.29, 1.82) is 0 Å². The molecule has 1 atom stereocenters. The molecule has 0 spiro atoms. The van der Waals surface area contributed by atoms with E-state index in [0.29, 0.717) is 6.04 Å². The molecule has 20 heavy (non-hydrogen) atoms. The molecule has 1 saturated heterocycles. The number of thioether (sulfide) groups is 1. The second-order valence-corrected chi connectivity index (χ2v) is 7.01. The summed E-state index contributed by atoms with van der Waals surface area (Å²) in [7, 11) is 0. The first-order chi connectivity index (χ1) is 9.92. The summed E-state index contributed by atoms with van der Waals surface area (Å²) in [6.45, 7) is 1.03. The smallest absolute Gasteiger partial charge is 0.123 e. The molecule has 1 aliphatic rings. The molecule has 5 heteroatoms. The third kappa shape index (κ3) is 3.81. The van der Waals surface area contributed by atoms with Gasteiger partial charge in [-0.05, 0) is 30.7 Å². The summed E-state index contributed by atoms with van der Waals surface area (Å²) in [6.07, 6.45) is 7.33. The van der Waals surface area contributed by atoms with Crippen molar-refractivity contribution in [3.8, 4) is 10.6 Å². The summed E-state index contributed by atoms with van der Waals surface area (Å²) < 4.78 is 0. The van der Waals surface area contributed by atoms with Crippen molar-refractivity contribution in [2.45, 2.75) is 25.3 Å². The number of thiazole rings is 1. The van der Waals surface area contributed by atoms with E-state index in [2.05, 4.69) is 27.4 Å². The molecule has 0 saturated carbocycles. The van der Waals surface area contributed by atoms with Crippen LogP contribution in [0.4, 0.5) is 0 Å². The molecule has 0 unspecified atom stereocenters. The van der Waals surface area contributed by atoms with Crippen molar-refractivity contribution in [1.82, 2.24) is 15.3 Å². The number of nitrogens with zero attached hydrogens (tertiary/aromatic N) is 2. The molecule has 1 N–H and O–H groups in total. The van der Waals surface area contributed by atoms with Crippen LogP contribution in [0, 0.1) is 0 Å². The number of aromatic nitrogens is 2. The highest BCUT2D eigenvalue weighted by molar-refractivity contribution is 7.99. The van der Waals surface area contributed by atoms with E-state index in [0.717, 1.165) is 23.5 Å². The van der Waals surface area contributed by atoms with Gasteiger partial charge in [0.25, 0.3) is 0 Å². The molecule has 3 rings (SSSR count).